The van der Waals surface area contributed by atoms with Crippen LogP contribution in [0.15, 0.2) is 18.3 Å². The first kappa shape index (κ1) is 21.6. The summed E-state index contributed by atoms with van der Waals surface area (Å²) in [6.07, 6.45) is 7.78. The number of H-pyrrole nitrogens is 1. The molecule has 5 rings (SSSR count). The number of aryl methyl sites for hydroxylation is 2. The topological polar surface area (TPSA) is 106 Å². The van der Waals surface area contributed by atoms with Gasteiger partial charge < -0.3 is 10.6 Å². The Morgan fingerprint density at radius 3 is 2.70 bits per heavy atom. The molecule has 2 saturated heterocycles. The van der Waals surface area contributed by atoms with E-state index in [0.717, 1.165) is 43.5 Å². The summed E-state index contributed by atoms with van der Waals surface area (Å²) < 4.78 is 15.3. The molecule has 5 heterocycles. The van der Waals surface area contributed by atoms with Crippen molar-refractivity contribution in [2.75, 3.05) is 17.2 Å². The zero-order valence-electron chi connectivity index (χ0n) is 19.0. The van der Waals surface area contributed by atoms with Crippen LogP contribution in [0.3, 0.4) is 0 Å². The Labute approximate surface area is 192 Å². The molecule has 2 aliphatic rings. The highest BCUT2D eigenvalue weighted by Gasteiger charge is 2.38. The fraction of sp³-hybridized carbons (Fsp3) is 0.500. The van der Waals surface area contributed by atoms with E-state index >= 15 is 4.39 Å². The summed E-state index contributed by atoms with van der Waals surface area (Å²) in [7, 11) is 0. The molecule has 2 fully saturated rings. The van der Waals surface area contributed by atoms with E-state index in [2.05, 4.69) is 41.8 Å². The Hall–Kier alpha value is -3.25. The molecule has 0 saturated carbocycles. The third-order valence-electron chi connectivity index (χ3n) is 6.82. The van der Waals surface area contributed by atoms with Crippen LogP contribution in [0.25, 0.3) is 10.9 Å². The minimum Gasteiger partial charge on any atom is -0.367 e. The molecule has 2 bridgehead atoms. The molecule has 0 spiro atoms. The van der Waals surface area contributed by atoms with Crippen LogP contribution in [0.2, 0.25) is 0 Å². The van der Waals surface area contributed by atoms with Crippen LogP contribution in [0.4, 0.5) is 21.8 Å². The van der Waals surface area contributed by atoms with Crippen molar-refractivity contribution < 1.29 is 4.39 Å². The van der Waals surface area contributed by atoms with Gasteiger partial charge in [-0.05, 0) is 51.2 Å². The number of halogens is 1. The van der Waals surface area contributed by atoms with Gasteiger partial charge in [0.25, 0.3) is 0 Å². The lowest BCUT2D eigenvalue weighted by Crippen LogP contribution is -2.55. The summed E-state index contributed by atoms with van der Waals surface area (Å²) in [6.45, 7) is 4.68. The van der Waals surface area contributed by atoms with Gasteiger partial charge in [0.1, 0.15) is 11.3 Å². The second-order valence-corrected chi connectivity index (χ2v) is 9.29. The van der Waals surface area contributed by atoms with Crippen molar-refractivity contribution in [1.29, 1.82) is 5.26 Å². The quantitative estimate of drug-likeness (QED) is 0.507. The van der Waals surface area contributed by atoms with E-state index in [4.69, 9.17) is 5.26 Å². The van der Waals surface area contributed by atoms with Crippen LogP contribution in [0.5, 0.6) is 0 Å². The maximum absolute atomic E-state index is 15.3. The van der Waals surface area contributed by atoms with E-state index in [-0.39, 0.29) is 11.9 Å². The molecule has 3 atom stereocenters. The standard InChI is InChI=1S/C24H29FN8/c1-14-9-19-22(27-13-14)21(25)24(29-20-10-15(2)31-32-20)30-23(19)28-16-11-17-5-3-6-18(12-16)33(17)8-4-7-26/h9-10,13,16-18H,3-6,8,11-12H2,1-2H3,(H3,28,29,30,31,32)/t16?,17-,18+. The fourth-order valence-electron chi connectivity index (χ4n) is 5.39. The Morgan fingerprint density at radius 2 is 2.00 bits per heavy atom. The van der Waals surface area contributed by atoms with E-state index < -0.39 is 5.82 Å². The van der Waals surface area contributed by atoms with E-state index in [9.17, 15) is 0 Å². The molecular formula is C24H29FN8. The Kier molecular flexibility index (Phi) is 5.85. The largest absolute Gasteiger partial charge is 0.367 e. The summed E-state index contributed by atoms with van der Waals surface area (Å²) in [6, 6.07) is 7.21. The van der Waals surface area contributed by atoms with Gasteiger partial charge in [0, 0.05) is 54.4 Å². The number of hydrogen-bond donors (Lipinski definition) is 3. The van der Waals surface area contributed by atoms with Gasteiger partial charge in [0.15, 0.2) is 17.5 Å². The van der Waals surface area contributed by atoms with Crippen molar-refractivity contribution in [2.24, 2.45) is 0 Å². The normalized spacial score (nSPS) is 22.8. The summed E-state index contributed by atoms with van der Waals surface area (Å²) in [5, 5.41) is 23.4. The highest BCUT2D eigenvalue weighted by Crippen LogP contribution is 2.37. The average molecular weight is 449 g/mol. The predicted molar refractivity (Wildman–Crippen MR) is 126 cm³/mol. The van der Waals surface area contributed by atoms with Crippen molar-refractivity contribution in [3.63, 3.8) is 0 Å². The van der Waals surface area contributed by atoms with Crippen molar-refractivity contribution in [2.45, 2.75) is 70.5 Å². The van der Waals surface area contributed by atoms with Crippen LogP contribution >= 0.6 is 0 Å². The summed E-state index contributed by atoms with van der Waals surface area (Å²) >= 11 is 0. The van der Waals surface area contributed by atoms with Crippen LogP contribution in [-0.4, -0.2) is 49.7 Å². The van der Waals surface area contributed by atoms with Gasteiger partial charge in [-0.1, -0.05) is 6.42 Å². The van der Waals surface area contributed by atoms with Crippen molar-refractivity contribution in [3.05, 3.63) is 35.4 Å². The van der Waals surface area contributed by atoms with E-state index in [1.54, 1.807) is 12.3 Å². The maximum atomic E-state index is 15.3. The minimum atomic E-state index is -0.487. The van der Waals surface area contributed by atoms with Crippen LogP contribution in [0, 0.1) is 31.0 Å². The van der Waals surface area contributed by atoms with Crippen LogP contribution in [-0.2, 0) is 0 Å². The molecule has 0 radical (unpaired) electrons. The van der Waals surface area contributed by atoms with Gasteiger partial charge in [-0.2, -0.15) is 10.4 Å². The van der Waals surface area contributed by atoms with Gasteiger partial charge in [-0.25, -0.2) is 9.37 Å². The number of nitriles is 1. The monoisotopic (exact) mass is 448 g/mol. The third kappa shape index (κ3) is 4.35. The fourth-order valence-corrected chi connectivity index (χ4v) is 5.39. The molecular weight excluding hydrogens is 419 g/mol. The molecule has 2 aliphatic heterocycles. The number of fused-ring (bicyclic) bond motifs is 3. The molecule has 9 heteroatoms. The molecule has 3 N–H and O–H groups in total. The van der Waals surface area contributed by atoms with E-state index in [1.807, 2.05) is 19.9 Å². The molecule has 0 aromatic carbocycles. The molecule has 0 amide bonds. The third-order valence-corrected chi connectivity index (χ3v) is 6.82. The number of piperidine rings is 2. The van der Waals surface area contributed by atoms with Gasteiger partial charge in [0.05, 0.1) is 6.07 Å². The number of aromatic amines is 1. The first-order valence-corrected chi connectivity index (χ1v) is 11.7. The molecule has 172 valence electrons. The van der Waals surface area contributed by atoms with Crippen molar-refractivity contribution in [1.82, 2.24) is 25.1 Å². The first-order valence-electron chi connectivity index (χ1n) is 11.7. The zero-order valence-corrected chi connectivity index (χ0v) is 19.0. The Morgan fingerprint density at radius 1 is 1.21 bits per heavy atom. The number of anilines is 3. The highest BCUT2D eigenvalue weighted by molar-refractivity contribution is 5.92. The zero-order chi connectivity index (χ0) is 22.9. The molecule has 0 aliphatic carbocycles. The van der Waals surface area contributed by atoms with Gasteiger partial charge >= 0.3 is 0 Å². The van der Waals surface area contributed by atoms with Crippen LogP contribution < -0.4 is 10.6 Å². The number of nitrogens with zero attached hydrogens (tertiary/aromatic N) is 5. The Balaban J connectivity index is 1.45. The molecule has 33 heavy (non-hydrogen) atoms. The maximum Gasteiger partial charge on any atom is 0.192 e. The van der Waals surface area contributed by atoms with E-state index in [1.165, 1.54) is 6.42 Å². The predicted octanol–water partition coefficient (Wildman–Crippen LogP) is 4.56. The number of hydrogen-bond acceptors (Lipinski definition) is 7. The summed E-state index contributed by atoms with van der Waals surface area (Å²) in [5.41, 5.74) is 2.12. The van der Waals surface area contributed by atoms with Crippen molar-refractivity contribution in [3.8, 4) is 6.07 Å². The summed E-state index contributed by atoms with van der Waals surface area (Å²) in [4.78, 5) is 11.6. The Bertz CT molecular complexity index is 1190. The number of rotatable bonds is 6. The lowest BCUT2D eigenvalue weighted by Gasteiger charge is -2.49. The minimum absolute atomic E-state index is 0.111. The van der Waals surface area contributed by atoms with Gasteiger partial charge in [0.2, 0.25) is 0 Å². The summed E-state index contributed by atoms with van der Waals surface area (Å²) in [5.74, 6) is 0.779. The molecule has 3 aromatic heterocycles. The molecule has 3 aromatic rings. The van der Waals surface area contributed by atoms with Crippen LogP contribution in [0.1, 0.15) is 49.8 Å². The second kappa shape index (κ2) is 8.94. The lowest BCUT2D eigenvalue weighted by atomic mass is 9.81. The highest BCUT2D eigenvalue weighted by atomic mass is 19.1. The van der Waals surface area contributed by atoms with Gasteiger partial charge in [-0.3, -0.25) is 15.0 Å². The van der Waals surface area contributed by atoms with Gasteiger partial charge in [-0.15, -0.1) is 0 Å². The van der Waals surface area contributed by atoms with Crippen molar-refractivity contribution >= 4 is 28.4 Å². The molecule has 1 unspecified atom stereocenters. The average Bonchev–Trinajstić information content (AvgIpc) is 3.20. The smallest absolute Gasteiger partial charge is 0.192 e. The first-order chi connectivity index (χ1) is 16.0. The second-order valence-electron chi connectivity index (χ2n) is 9.29. The van der Waals surface area contributed by atoms with E-state index in [0.29, 0.717) is 41.0 Å². The number of nitrogens with one attached hydrogen (secondary N) is 3. The number of pyridine rings is 2. The lowest BCUT2D eigenvalue weighted by molar-refractivity contribution is 0.0370. The SMILES string of the molecule is Cc1cnc2c(F)c(Nc3cc(C)[nH]n3)nc(NC3C[C@H]4CCC[C@@H](C3)N4CCC#N)c2c1. The molecule has 8 nitrogen and oxygen atoms in total. The number of aromatic nitrogens is 4.